The summed E-state index contributed by atoms with van der Waals surface area (Å²) in [5.74, 6) is 0. The van der Waals surface area contributed by atoms with Crippen LogP contribution in [0.15, 0.2) is 83.5 Å². The van der Waals surface area contributed by atoms with Gasteiger partial charge in [0.25, 0.3) is 0 Å². The third-order valence-electron chi connectivity index (χ3n) is 5.34. The molecule has 0 radical (unpaired) electrons. The van der Waals surface area contributed by atoms with Crippen molar-refractivity contribution in [3.05, 3.63) is 79.1 Å². The molecular weight excluding hydrogens is 372 g/mol. The van der Waals surface area contributed by atoms with Gasteiger partial charge in [-0.3, -0.25) is 4.98 Å². The molecule has 3 nitrogen and oxygen atoms in total. The lowest BCUT2D eigenvalue weighted by molar-refractivity contribution is 0.654. The van der Waals surface area contributed by atoms with Gasteiger partial charge in [0.2, 0.25) is 5.71 Å². The molecule has 3 heterocycles. The Kier molecular flexibility index (Phi) is 4.10. The van der Waals surface area contributed by atoms with Crippen molar-refractivity contribution in [2.24, 2.45) is 0 Å². The van der Waals surface area contributed by atoms with Crippen LogP contribution in [-0.2, 0) is 0 Å². The number of rotatable bonds is 3. The largest absolute Gasteiger partial charge is 0.438 e. The molecule has 4 heteroatoms. The predicted octanol–water partition coefficient (Wildman–Crippen LogP) is 6.26. The van der Waals surface area contributed by atoms with E-state index in [2.05, 4.69) is 85.4 Å². The third kappa shape index (κ3) is 3.15. The van der Waals surface area contributed by atoms with E-state index in [-0.39, 0.29) is 0 Å². The molecule has 0 bridgehead atoms. The highest BCUT2D eigenvalue weighted by molar-refractivity contribution is 6.89. The number of hydrogen-bond acceptors (Lipinski definition) is 3. The van der Waals surface area contributed by atoms with Gasteiger partial charge in [-0.15, -0.1) is 0 Å². The highest BCUT2D eigenvalue weighted by Crippen LogP contribution is 2.32. The number of benzene rings is 2. The van der Waals surface area contributed by atoms with E-state index >= 15 is 0 Å². The van der Waals surface area contributed by atoms with Crippen molar-refractivity contribution < 1.29 is 4.42 Å². The Bertz CT molecular complexity index is 1330. The first-order valence-electron chi connectivity index (χ1n) is 9.84. The summed E-state index contributed by atoms with van der Waals surface area (Å²) in [6.07, 6.45) is 3.84. The van der Waals surface area contributed by atoms with Crippen molar-refractivity contribution in [2.75, 3.05) is 0 Å². The molecule has 0 saturated carbocycles. The molecule has 0 spiro atoms. The van der Waals surface area contributed by atoms with E-state index in [1.165, 1.54) is 16.3 Å². The molecule has 0 aliphatic rings. The van der Waals surface area contributed by atoms with Crippen LogP contribution in [0, 0.1) is 0 Å². The first-order valence-corrected chi connectivity index (χ1v) is 13.3. The fourth-order valence-corrected chi connectivity index (χ4v) is 5.31. The fraction of sp³-hybridized carbons (Fsp3) is 0.120. The smallest absolute Gasteiger partial charge is 0.227 e. The summed E-state index contributed by atoms with van der Waals surface area (Å²) >= 11 is 0. The van der Waals surface area contributed by atoms with Crippen molar-refractivity contribution >= 4 is 35.3 Å². The quantitative estimate of drug-likeness (QED) is 0.339. The molecule has 0 amide bonds. The van der Waals surface area contributed by atoms with Crippen molar-refractivity contribution in [1.29, 1.82) is 0 Å². The molecule has 0 fully saturated rings. The molecule has 5 rings (SSSR count). The average Bonchev–Trinajstić information content (AvgIpc) is 3.11. The van der Waals surface area contributed by atoms with Crippen LogP contribution in [0.25, 0.3) is 44.5 Å². The molecule has 3 aromatic heterocycles. The monoisotopic (exact) mass is 394 g/mol. The average molecular weight is 395 g/mol. The standard InChI is InChI=1S/C25H22N2OSi/c1-29(2,3)24-16-27-22(15-20(24)17-8-5-4-6-9-17)18-11-12-23-21(14-18)19-10-7-13-26-25(19)28-23/h4-16H,1-3H3. The SMILES string of the molecule is C[Si](C)(C)c1cnc(-c2ccc3oc4ncccc4c3c2)cc1-c1ccccc1. The molecule has 142 valence electrons. The van der Waals surface area contributed by atoms with Gasteiger partial charge in [0.1, 0.15) is 5.58 Å². The van der Waals surface area contributed by atoms with Crippen LogP contribution in [0.4, 0.5) is 0 Å². The first-order chi connectivity index (χ1) is 14.0. The number of aromatic nitrogens is 2. The van der Waals surface area contributed by atoms with Crippen LogP contribution < -0.4 is 5.19 Å². The number of furan rings is 1. The molecule has 0 saturated heterocycles. The van der Waals surface area contributed by atoms with Gasteiger partial charge >= 0.3 is 0 Å². The maximum atomic E-state index is 5.87. The van der Waals surface area contributed by atoms with E-state index < -0.39 is 8.07 Å². The molecule has 29 heavy (non-hydrogen) atoms. The Labute approximate surface area is 171 Å². The number of fused-ring (bicyclic) bond motifs is 3. The second-order valence-electron chi connectivity index (χ2n) is 8.40. The Hall–Kier alpha value is -3.24. The maximum absolute atomic E-state index is 5.87. The van der Waals surface area contributed by atoms with Crippen LogP contribution in [0.3, 0.4) is 0 Å². The molecule has 0 aliphatic carbocycles. The van der Waals surface area contributed by atoms with Gasteiger partial charge in [-0.05, 0) is 52.7 Å². The second kappa shape index (κ2) is 6.67. The Morgan fingerprint density at radius 1 is 0.759 bits per heavy atom. The van der Waals surface area contributed by atoms with Crippen LogP contribution in [0.2, 0.25) is 19.6 Å². The maximum Gasteiger partial charge on any atom is 0.227 e. The Morgan fingerprint density at radius 3 is 2.38 bits per heavy atom. The van der Waals surface area contributed by atoms with Gasteiger partial charge in [0, 0.05) is 28.7 Å². The van der Waals surface area contributed by atoms with Crippen LogP contribution in [0.1, 0.15) is 0 Å². The predicted molar refractivity (Wildman–Crippen MR) is 123 cm³/mol. The lowest BCUT2D eigenvalue weighted by Gasteiger charge is -2.21. The Morgan fingerprint density at radius 2 is 1.59 bits per heavy atom. The summed E-state index contributed by atoms with van der Waals surface area (Å²) in [5, 5.41) is 3.49. The summed E-state index contributed by atoms with van der Waals surface area (Å²) in [4.78, 5) is 9.20. The summed E-state index contributed by atoms with van der Waals surface area (Å²) in [6.45, 7) is 7.10. The van der Waals surface area contributed by atoms with E-state index in [9.17, 15) is 0 Å². The number of hydrogen-bond donors (Lipinski definition) is 0. The zero-order valence-corrected chi connectivity index (χ0v) is 17.8. The molecular formula is C25H22N2OSi. The number of nitrogens with zero attached hydrogens (tertiary/aromatic N) is 2. The minimum absolute atomic E-state index is 0.673. The topological polar surface area (TPSA) is 38.9 Å². The van der Waals surface area contributed by atoms with E-state index in [1.54, 1.807) is 6.20 Å². The van der Waals surface area contributed by atoms with E-state index in [1.807, 2.05) is 12.1 Å². The van der Waals surface area contributed by atoms with Crippen LogP contribution in [-0.4, -0.2) is 18.0 Å². The third-order valence-corrected chi connectivity index (χ3v) is 7.35. The van der Waals surface area contributed by atoms with E-state index in [0.29, 0.717) is 5.71 Å². The molecule has 0 atom stereocenters. The van der Waals surface area contributed by atoms with Crippen LogP contribution in [0.5, 0.6) is 0 Å². The van der Waals surface area contributed by atoms with Gasteiger partial charge < -0.3 is 4.42 Å². The molecule has 0 unspecified atom stereocenters. The van der Waals surface area contributed by atoms with Crippen molar-refractivity contribution in [1.82, 2.24) is 9.97 Å². The van der Waals surface area contributed by atoms with Crippen molar-refractivity contribution in [3.8, 4) is 22.4 Å². The highest BCUT2D eigenvalue weighted by Gasteiger charge is 2.22. The summed E-state index contributed by atoms with van der Waals surface area (Å²) in [5.41, 5.74) is 6.12. The van der Waals surface area contributed by atoms with E-state index in [4.69, 9.17) is 9.40 Å². The van der Waals surface area contributed by atoms with Gasteiger partial charge in [0.05, 0.1) is 13.8 Å². The molecule has 0 aliphatic heterocycles. The van der Waals surface area contributed by atoms with Crippen LogP contribution >= 0.6 is 0 Å². The zero-order chi connectivity index (χ0) is 20.0. The van der Waals surface area contributed by atoms with Gasteiger partial charge in [-0.1, -0.05) is 50.0 Å². The number of pyridine rings is 2. The normalized spacial score (nSPS) is 12.0. The highest BCUT2D eigenvalue weighted by atomic mass is 28.3. The van der Waals surface area contributed by atoms with Crippen molar-refractivity contribution in [3.63, 3.8) is 0 Å². The van der Waals surface area contributed by atoms with Gasteiger partial charge in [-0.2, -0.15) is 0 Å². The second-order valence-corrected chi connectivity index (χ2v) is 13.4. The minimum atomic E-state index is -1.54. The minimum Gasteiger partial charge on any atom is -0.438 e. The Balaban J connectivity index is 1.71. The molecule has 5 aromatic rings. The summed E-state index contributed by atoms with van der Waals surface area (Å²) in [6, 6.07) is 23.1. The molecule has 2 aromatic carbocycles. The summed E-state index contributed by atoms with van der Waals surface area (Å²) < 4.78 is 5.87. The lowest BCUT2D eigenvalue weighted by atomic mass is 10.0. The summed E-state index contributed by atoms with van der Waals surface area (Å²) in [7, 11) is -1.54. The fourth-order valence-electron chi connectivity index (χ4n) is 3.84. The van der Waals surface area contributed by atoms with E-state index in [0.717, 1.165) is 27.6 Å². The van der Waals surface area contributed by atoms with Crippen molar-refractivity contribution in [2.45, 2.75) is 19.6 Å². The van der Waals surface area contributed by atoms with Gasteiger partial charge in [-0.25, -0.2) is 4.98 Å². The van der Waals surface area contributed by atoms with Gasteiger partial charge in [0.15, 0.2) is 0 Å². The molecule has 0 N–H and O–H groups in total. The lowest BCUT2D eigenvalue weighted by Crippen LogP contribution is -2.39. The zero-order valence-electron chi connectivity index (χ0n) is 16.8. The first kappa shape index (κ1) is 17.8.